The van der Waals surface area contributed by atoms with Gasteiger partial charge in [0, 0.05) is 0 Å². The van der Waals surface area contributed by atoms with Crippen LogP contribution < -0.4 is 5.14 Å². The molecule has 0 heterocycles. The fourth-order valence-corrected chi connectivity index (χ4v) is 2.35. The summed E-state index contributed by atoms with van der Waals surface area (Å²) in [6.07, 6.45) is 1.42. The third-order valence-corrected chi connectivity index (χ3v) is 3.86. The molecule has 0 spiro atoms. The van der Waals surface area contributed by atoms with E-state index in [-0.39, 0.29) is 16.2 Å². The van der Waals surface area contributed by atoms with E-state index >= 15 is 0 Å². The summed E-state index contributed by atoms with van der Waals surface area (Å²) in [6, 6.07) is 11.3. The molecule has 0 bridgehead atoms. The van der Waals surface area contributed by atoms with Crippen molar-refractivity contribution in [1.82, 2.24) is 0 Å². The minimum Gasteiger partial charge on any atom is -0.508 e. The van der Waals surface area contributed by atoms with E-state index in [0.717, 1.165) is 0 Å². The van der Waals surface area contributed by atoms with Gasteiger partial charge in [-0.3, -0.25) is 0 Å². The summed E-state index contributed by atoms with van der Waals surface area (Å²) >= 11 is 0. The predicted octanol–water partition coefficient (Wildman–Crippen LogP) is 1.66. The molecule has 0 aliphatic heterocycles. The molecule has 0 amide bonds. The van der Waals surface area contributed by atoms with E-state index in [1.54, 1.807) is 12.1 Å². The molecular formula is C15H13NO5S. The van der Waals surface area contributed by atoms with E-state index in [4.69, 9.17) is 5.14 Å². The van der Waals surface area contributed by atoms with Crippen LogP contribution in [0.5, 0.6) is 5.75 Å². The highest BCUT2D eigenvalue weighted by molar-refractivity contribution is 7.89. The Kier molecular flexibility index (Phi) is 4.30. The standard InChI is InChI=1S/C15H13NO5S/c16-22(20,21)13-7-3-11(4-8-13)14(15(18)19)9-10-1-5-12(17)6-2-10/h1-9,17H,(H,18,19)(H2,16,20,21)/b14-9+. The van der Waals surface area contributed by atoms with Gasteiger partial charge in [-0.05, 0) is 41.5 Å². The highest BCUT2D eigenvalue weighted by atomic mass is 32.2. The van der Waals surface area contributed by atoms with Crippen LogP contribution in [0.25, 0.3) is 11.6 Å². The van der Waals surface area contributed by atoms with Crippen molar-refractivity contribution in [1.29, 1.82) is 0 Å². The van der Waals surface area contributed by atoms with Gasteiger partial charge in [-0.15, -0.1) is 0 Å². The van der Waals surface area contributed by atoms with Gasteiger partial charge in [0.25, 0.3) is 0 Å². The van der Waals surface area contributed by atoms with Crippen LogP contribution in [-0.2, 0) is 14.8 Å². The maximum Gasteiger partial charge on any atom is 0.336 e. The number of phenols is 1. The maximum atomic E-state index is 11.4. The van der Waals surface area contributed by atoms with Crippen molar-refractivity contribution >= 4 is 27.6 Å². The van der Waals surface area contributed by atoms with Crippen molar-refractivity contribution in [3.8, 4) is 5.75 Å². The molecule has 4 N–H and O–H groups in total. The number of benzene rings is 2. The largest absolute Gasteiger partial charge is 0.508 e. The van der Waals surface area contributed by atoms with Crippen LogP contribution in [0.1, 0.15) is 11.1 Å². The van der Waals surface area contributed by atoms with E-state index in [0.29, 0.717) is 11.1 Å². The molecule has 2 aromatic rings. The normalized spacial score (nSPS) is 12.1. The van der Waals surface area contributed by atoms with Gasteiger partial charge in [0.05, 0.1) is 10.5 Å². The molecule has 2 rings (SSSR count). The van der Waals surface area contributed by atoms with E-state index < -0.39 is 16.0 Å². The van der Waals surface area contributed by atoms with Gasteiger partial charge in [-0.25, -0.2) is 18.4 Å². The average Bonchev–Trinajstić information content (AvgIpc) is 2.45. The number of phenolic OH excluding ortho intramolecular Hbond substituents is 1. The van der Waals surface area contributed by atoms with Crippen molar-refractivity contribution in [3.05, 3.63) is 59.7 Å². The van der Waals surface area contributed by atoms with Crippen LogP contribution in [0, 0.1) is 0 Å². The number of sulfonamides is 1. The first kappa shape index (κ1) is 15.7. The fraction of sp³-hybridized carbons (Fsp3) is 0. The monoisotopic (exact) mass is 319 g/mol. The first-order valence-electron chi connectivity index (χ1n) is 6.14. The molecule has 0 aromatic heterocycles. The summed E-state index contributed by atoms with van der Waals surface area (Å²) in [5, 5.41) is 23.5. The molecule has 0 saturated heterocycles. The van der Waals surface area contributed by atoms with Crippen molar-refractivity contribution in [2.45, 2.75) is 4.90 Å². The Hall–Kier alpha value is -2.64. The van der Waals surface area contributed by atoms with Crippen LogP contribution in [0.15, 0.2) is 53.4 Å². The number of hydrogen-bond acceptors (Lipinski definition) is 4. The Morgan fingerprint density at radius 2 is 1.55 bits per heavy atom. The number of carbonyl (C=O) groups is 1. The van der Waals surface area contributed by atoms with Crippen LogP contribution in [0.4, 0.5) is 0 Å². The lowest BCUT2D eigenvalue weighted by molar-refractivity contribution is -0.130. The Morgan fingerprint density at radius 1 is 1.00 bits per heavy atom. The Labute approximate surface area is 127 Å². The minimum absolute atomic E-state index is 0.00772. The van der Waals surface area contributed by atoms with Crippen LogP contribution in [0.2, 0.25) is 0 Å². The molecule has 0 radical (unpaired) electrons. The third kappa shape index (κ3) is 3.72. The van der Waals surface area contributed by atoms with Crippen LogP contribution >= 0.6 is 0 Å². The number of aliphatic carboxylic acids is 1. The summed E-state index contributed by atoms with van der Waals surface area (Å²) in [4.78, 5) is 11.3. The van der Waals surface area contributed by atoms with Gasteiger partial charge in [0.1, 0.15) is 5.75 Å². The number of carboxylic acid groups (broad SMARTS) is 1. The molecule has 2 aromatic carbocycles. The van der Waals surface area contributed by atoms with Crippen molar-refractivity contribution in [2.24, 2.45) is 5.14 Å². The molecule has 22 heavy (non-hydrogen) atoms. The zero-order valence-corrected chi connectivity index (χ0v) is 12.1. The molecule has 6 nitrogen and oxygen atoms in total. The zero-order chi connectivity index (χ0) is 16.3. The number of aromatic hydroxyl groups is 1. The molecular weight excluding hydrogens is 306 g/mol. The molecule has 0 aliphatic rings. The Balaban J connectivity index is 2.44. The number of primary sulfonamides is 1. The lowest BCUT2D eigenvalue weighted by Gasteiger charge is -2.05. The lowest BCUT2D eigenvalue weighted by Crippen LogP contribution is -2.12. The topological polar surface area (TPSA) is 118 Å². The number of nitrogens with two attached hydrogens (primary N) is 1. The summed E-state index contributed by atoms with van der Waals surface area (Å²) in [6.45, 7) is 0. The molecule has 7 heteroatoms. The lowest BCUT2D eigenvalue weighted by atomic mass is 10.0. The van der Waals surface area contributed by atoms with Gasteiger partial charge < -0.3 is 10.2 Å². The molecule has 0 aliphatic carbocycles. The Morgan fingerprint density at radius 3 is 2.00 bits per heavy atom. The van der Waals surface area contributed by atoms with E-state index in [2.05, 4.69) is 0 Å². The molecule has 0 unspecified atom stereocenters. The maximum absolute atomic E-state index is 11.4. The first-order valence-corrected chi connectivity index (χ1v) is 7.69. The summed E-state index contributed by atoms with van der Waals surface area (Å²) in [7, 11) is -3.82. The van der Waals surface area contributed by atoms with Gasteiger partial charge in [-0.1, -0.05) is 24.3 Å². The van der Waals surface area contributed by atoms with Gasteiger partial charge >= 0.3 is 5.97 Å². The highest BCUT2D eigenvalue weighted by Crippen LogP contribution is 2.21. The average molecular weight is 319 g/mol. The summed E-state index contributed by atoms with van der Waals surface area (Å²) in [5.41, 5.74) is 0.922. The zero-order valence-electron chi connectivity index (χ0n) is 11.3. The van der Waals surface area contributed by atoms with Crippen LogP contribution in [-0.4, -0.2) is 24.6 Å². The molecule has 0 saturated carbocycles. The van der Waals surface area contributed by atoms with Crippen molar-refractivity contribution < 1.29 is 23.4 Å². The second kappa shape index (κ2) is 6.00. The highest BCUT2D eigenvalue weighted by Gasteiger charge is 2.13. The van der Waals surface area contributed by atoms with Crippen molar-refractivity contribution in [3.63, 3.8) is 0 Å². The smallest absolute Gasteiger partial charge is 0.336 e. The number of hydrogen-bond donors (Lipinski definition) is 3. The van der Waals surface area contributed by atoms with Gasteiger partial charge in [0.2, 0.25) is 10.0 Å². The summed E-state index contributed by atoms with van der Waals surface area (Å²) in [5.74, 6) is -1.08. The SMILES string of the molecule is NS(=O)(=O)c1ccc(/C(=C\c2ccc(O)cc2)C(=O)O)cc1. The van der Waals surface area contributed by atoms with E-state index in [9.17, 15) is 23.4 Å². The quantitative estimate of drug-likeness (QED) is 0.585. The third-order valence-electron chi connectivity index (χ3n) is 2.93. The second-order valence-corrected chi connectivity index (χ2v) is 6.09. The van der Waals surface area contributed by atoms with Gasteiger partial charge in [-0.2, -0.15) is 0 Å². The minimum atomic E-state index is -3.82. The second-order valence-electron chi connectivity index (χ2n) is 4.52. The summed E-state index contributed by atoms with van der Waals surface area (Å²) < 4.78 is 22.4. The van der Waals surface area contributed by atoms with E-state index in [1.165, 1.54) is 42.5 Å². The predicted molar refractivity (Wildman–Crippen MR) is 81.4 cm³/mol. The van der Waals surface area contributed by atoms with Gasteiger partial charge in [0.15, 0.2) is 0 Å². The van der Waals surface area contributed by atoms with Crippen molar-refractivity contribution in [2.75, 3.05) is 0 Å². The van der Waals surface area contributed by atoms with Crippen LogP contribution in [0.3, 0.4) is 0 Å². The first-order chi connectivity index (χ1) is 10.3. The molecule has 0 fully saturated rings. The molecule has 0 atom stereocenters. The number of rotatable bonds is 4. The fourth-order valence-electron chi connectivity index (χ4n) is 1.83. The molecule has 114 valence electrons. The van der Waals surface area contributed by atoms with E-state index in [1.807, 2.05) is 0 Å². The number of carboxylic acids is 1. The Bertz CT molecular complexity index is 821.